The van der Waals surface area contributed by atoms with E-state index in [4.69, 9.17) is 18.4 Å². The number of carboxylic acid groups (broad SMARTS) is 3. The lowest BCUT2D eigenvalue weighted by Gasteiger charge is -2.45. The summed E-state index contributed by atoms with van der Waals surface area (Å²) in [5, 5.41) is 26.8. The van der Waals surface area contributed by atoms with Gasteiger partial charge in [0.25, 0.3) is 0 Å². The lowest BCUT2D eigenvalue weighted by atomic mass is 9.55. The van der Waals surface area contributed by atoms with Gasteiger partial charge >= 0.3 is 17.9 Å². The maximum Gasteiger partial charge on any atom is 0.328 e. The molecule has 0 saturated heterocycles. The Hall–Kier alpha value is -4.01. The normalized spacial score (nSPS) is 22.7. The molecule has 4 rings (SSSR count). The number of carbonyl (C=O) groups is 3. The van der Waals surface area contributed by atoms with Crippen LogP contribution in [0.3, 0.4) is 0 Å². The highest BCUT2D eigenvalue weighted by Gasteiger charge is 2.61. The van der Waals surface area contributed by atoms with Crippen molar-refractivity contribution in [2.45, 2.75) is 11.8 Å². The Kier molecular flexibility index (Phi) is 6.21. The second-order valence-corrected chi connectivity index (χ2v) is 6.50. The molecule has 0 amide bonds. The molecule has 1 aliphatic rings. The van der Waals surface area contributed by atoms with Gasteiger partial charge in [0.2, 0.25) is 0 Å². The average Bonchev–Trinajstić information content (AvgIpc) is 3.42. The van der Waals surface area contributed by atoms with Crippen LogP contribution in [0.4, 0.5) is 0 Å². The first kappa shape index (κ1) is 20.7. The van der Waals surface area contributed by atoms with Crippen LogP contribution < -0.4 is 0 Å². The first-order valence-electron chi connectivity index (χ1n) is 8.87. The predicted octanol–water partition coefficient (Wildman–Crippen LogP) is 3.53. The quantitative estimate of drug-likeness (QED) is 0.514. The first-order valence-corrected chi connectivity index (χ1v) is 8.87. The van der Waals surface area contributed by atoms with Crippen molar-refractivity contribution < 1.29 is 43.0 Å². The van der Waals surface area contributed by atoms with Crippen molar-refractivity contribution in [1.82, 2.24) is 0 Å². The third kappa shape index (κ3) is 4.35. The van der Waals surface area contributed by atoms with Gasteiger partial charge in [-0.1, -0.05) is 0 Å². The summed E-state index contributed by atoms with van der Waals surface area (Å²) in [5.41, 5.74) is 0. The van der Waals surface area contributed by atoms with Gasteiger partial charge in [-0.05, 0) is 42.5 Å². The number of rotatable bonds is 6. The Balaban J connectivity index is 0.000000216. The molecule has 3 N–H and O–H groups in total. The Morgan fingerprint density at radius 1 is 0.733 bits per heavy atom. The molecule has 3 aromatic rings. The van der Waals surface area contributed by atoms with E-state index in [0.29, 0.717) is 17.3 Å². The van der Waals surface area contributed by atoms with Gasteiger partial charge in [-0.2, -0.15) is 0 Å². The summed E-state index contributed by atoms with van der Waals surface area (Å²) in [7, 11) is 0. The van der Waals surface area contributed by atoms with Crippen molar-refractivity contribution in [1.29, 1.82) is 0 Å². The van der Waals surface area contributed by atoms with Crippen molar-refractivity contribution in [3.63, 3.8) is 0 Å². The zero-order valence-corrected chi connectivity index (χ0v) is 15.5. The van der Waals surface area contributed by atoms with E-state index in [2.05, 4.69) is 0 Å². The SMILES string of the molecule is O=C(O)C=Cc1ccco1.O=C(O)[C@H]1[C@H](C(=O)O)[C@H](c2ccco2)[C@H]1c1ccco1. The monoisotopic (exact) mass is 414 g/mol. The van der Waals surface area contributed by atoms with Crippen molar-refractivity contribution >= 4 is 24.0 Å². The standard InChI is InChI=1S/C14H12O6.C7H6O3/c15-13(16)11-9(7-3-1-5-19-7)10(12(11)14(17)18)8-4-2-6-20-8;8-7(9)4-3-6-2-1-5-10-6/h1-6,9-12H,(H,15,16)(H,17,18);1-5H,(H,8,9)/t9-,10-,11-,12-;/m1./s1. The molecule has 1 fully saturated rings. The van der Waals surface area contributed by atoms with E-state index in [9.17, 15) is 24.6 Å². The highest BCUT2D eigenvalue weighted by Crippen LogP contribution is 2.58. The Morgan fingerprint density at radius 3 is 1.53 bits per heavy atom. The average molecular weight is 414 g/mol. The zero-order chi connectivity index (χ0) is 21.7. The summed E-state index contributed by atoms with van der Waals surface area (Å²) in [6, 6.07) is 10.0. The van der Waals surface area contributed by atoms with Crippen LogP contribution in [0.2, 0.25) is 0 Å². The molecule has 1 aliphatic carbocycles. The third-order valence-electron chi connectivity index (χ3n) is 4.79. The minimum Gasteiger partial charge on any atom is -0.481 e. The fourth-order valence-corrected chi connectivity index (χ4v) is 3.57. The molecule has 9 nitrogen and oxygen atoms in total. The predicted molar refractivity (Wildman–Crippen MR) is 101 cm³/mol. The number of furan rings is 3. The van der Waals surface area contributed by atoms with Gasteiger partial charge < -0.3 is 28.6 Å². The summed E-state index contributed by atoms with van der Waals surface area (Å²) in [5.74, 6) is -4.87. The van der Waals surface area contributed by atoms with Crippen molar-refractivity contribution in [2.24, 2.45) is 11.8 Å². The molecule has 3 heterocycles. The molecule has 0 radical (unpaired) electrons. The van der Waals surface area contributed by atoms with Crippen LogP contribution in [0.15, 0.2) is 74.5 Å². The van der Waals surface area contributed by atoms with Crippen LogP contribution in [-0.2, 0) is 14.4 Å². The molecule has 4 atom stereocenters. The lowest BCUT2D eigenvalue weighted by Crippen LogP contribution is -2.51. The summed E-state index contributed by atoms with van der Waals surface area (Å²) in [6.07, 6.45) is 6.80. The van der Waals surface area contributed by atoms with E-state index < -0.39 is 41.6 Å². The molecular weight excluding hydrogens is 396 g/mol. The largest absolute Gasteiger partial charge is 0.481 e. The van der Waals surface area contributed by atoms with Crippen LogP contribution in [-0.4, -0.2) is 33.2 Å². The molecular formula is C21H18O9. The van der Waals surface area contributed by atoms with E-state index in [1.165, 1.54) is 24.9 Å². The van der Waals surface area contributed by atoms with Crippen LogP contribution in [0.25, 0.3) is 6.08 Å². The summed E-state index contributed by atoms with van der Waals surface area (Å²) in [4.78, 5) is 32.7. The number of aliphatic carboxylic acids is 3. The van der Waals surface area contributed by atoms with E-state index in [0.717, 1.165) is 6.08 Å². The van der Waals surface area contributed by atoms with Crippen LogP contribution >= 0.6 is 0 Å². The van der Waals surface area contributed by atoms with Gasteiger partial charge in [-0.3, -0.25) is 9.59 Å². The maximum absolute atomic E-state index is 11.4. The summed E-state index contributed by atoms with van der Waals surface area (Å²) < 4.78 is 15.4. The van der Waals surface area contributed by atoms with Gasteiger partial charge in [0, 0.05) is 17.9 Å². The molecule has 9 heteroatoms. The number of hydrogen-bond donors (Lipinski definition) is 3. The Bertz CT molecular complexity index is 941. The molecule has 0 spiro atoms. The van der Waals surface area contributed by atoms with E-state index in [1.54, 1.807) is 36.4 Å². The highest BCUT2D eigenvalue weighted by molar-refractivity contribution is 5.85. The molecule has 3 aromatic heterocycles. The topological polar surface area (TPSA) is 151 Å². The molecule has 0 aliphatic heterocycles. The van der Waals surface area contributed by atoms with Gasteiger partial charge in [-0.15, -0.1) is 0 Å². The number of carboxylic acids is 3. The van der Waals surface area contributed by atoms with Crippen molar-refractivity contribution in [3.05, 3.63) is 78.5 Å². The third-order valence-corrected chi connectivity index (χ3v) is 4.79. The smallest absolute Gasteiger partial charge is 0.328 e. The van der Waals surface area contributed by atoms with Crippen molar-refractivity contribution in [2.75, 3.05) is 0 Å². The fourth-order valence-electron chi connectivity index (χ4n) is 3.57. The van der Waals surface area contributed by atoms with Gasteiger partial charge in [-0.25, -0.2) is 4.79 Å². The molecule has 1 saturated carbocycles. The number of hydrogen-bond acceptors (Lipinski definition) is 6. The van der Waals surface area contributed by atoms with Crippen LogP contribution in [0.1, 0.15) is 29.1 Å². The molecule has 0 bridgehead atoms. The molecule has 156 valence electrons. The molecule has 0 aromatic carbocycles. The van der Waals surface area contributed by atoms with Crippen LogP contribution in [0, 0.1) is 11.8 Å². The zero-order valence-electron chi connectivity index (χ0n) is 15.5. The summed E-state index contributed by atoms with van der Waals surface area (Å²) >= 11 is 0. The molecule has 0 unspecified atom stereocenters. The van der Waals surface area contributed by atoms with Gasteiger partial charge in [0.15, 0.2) is 0 Å². The minimum absolute atomic E-state index is 0.469. The van der Waals surface area contributed by atoms with Crippen LogP contribution in [0.5, 0.6) is 0 Å². The molecule has 30 heavy (non-hydrogen) atoms. The van der Waals surface area contributed by atoms with Crippen molar-refractivity contribution in [3.8, 4) is 0 Å². The first-order chi connectivity index (χ1) is 14.4. The fraction of sp³-hybridized carbons (Fsp3) is 0.190. The van der Waals surface area contributed by atoms with Gasteiger partial charge in [0.05, 0.1) is 30.6 Å². The second kappa shape index (κ2) is 8.99. The Labute approximate surface area is 169 Å². The maximum atomic E-state index is 11.4. The van der Waals surface area contributed by atoms with Gasteiger partial charge in [0.1, 0.15) is 17.3 Å². The minimum atomic E-state index is -1.14. The van der Waals surface area contributed by atoms with E-state index >= 15 is 0 Å². The lowest BCUT2D eigenvalue weighted by molar-refractivity contribution is -0.165. The Morgan fingerprint density at radius 2 is 1.20 bits per heavy atom. The van der Waals surface area contributed by atoms with E-state index in [1.807, 2.05) is 0 Å². The summed E-state index contributed by atoms with van der Waals surface area (Å²) in [6.45, 7) is 0. The van der Waals surface area contributed by atoms with E-state index in [-0.39, 0.29) is 0 Å². The highest BCUT2D eigenvalue weighted by atomic mass is 16.4. The second-order valence-electron chi connectivity index (χ2n) is 6.50.